The van der Waals surface area contributed by atoms with E-state index in [1.54, 1.807) is 0 Å². The number of hydrogen-bond acceptors (Lipinski definition) is 3. The van der Waals surface area contributed by atoms with Gasteiger partial charge >= 0.3 is 5.97 Å². The number of carboxylic acid groups (broad SMARTS) is 1. The first-order valence-corrected chi connectivity index (χ1v) is 7.46. The molecule has 112 valence electrons. The van der Waals surface area contributed by atoms with Gasteiger partial charge in [0.15, 0.2) is 0 Å². The Hall–Kier alpha value is -2.49. The van der Waals surface area contributed by atoms with Gasteiger partial charge < -0.3 is 14.6 Å². The highest BCUT2D eigenvalue weighted by Gasteiger charge is 2.26. The van der Waals surface area contributed by atoms with Crippen molar-refractivity contribution >= 4 is 5.97 Å². The zero-order valence-electron chi connectivity index (χ0n) is 12.0. The predicted octanol–water partition coefficient (Wildman–Crippen LogP) is 2.77. The van der Waals surface area contributed by atoms with Crippen LogP contribution < -0.4 is 9.47 Å². The van der Waals surface area contributed by atoms with Crippen molar-refractivity contribution in [3.63, 3.8) is 0 Å². The quantitative estimate of drug-likeness (QED) is 0.946. The minimum atomic E-state index is -0.835. The van der Waals surface area contributed by atoms with Gasteiger partial charge in [-0.3, -0.25) is 4.79 Å². The van der Waals surface area contributed by atoms with E-state index in [4.69, 9.17) is 9.47 Å². The first kappa shape index (κ1) is 13.2. The van der Waals surface area contributed by atoms with Crippen molar-refractivity contribution in [3.05, 3.63) is 58.7 Å². The highest BCUT2D eigenvalue weighted by atomic mass is 16.5. The molecule has 1 N–H and O–H groups in total. The summed E-state index contributed by atoms with van der Waals surface area (Å²) in [5.74, 6) is 0.250. The van der Waals surface area contributed by atoms with Gasteiger partial charge in [0.1, 0.15) is 17.4 Å². The van der Waals surface area contributed by atoms with Crippen molar-refractivity contribution in [1.82, 2.24) is 0 Å². The molecular weight excluding hydrogens is 280 g/mol. The van der Waals surface area contributed by atoms with Crippen LogP contribution in [0.2, 0.25) is 0 Å². The number of aliphatic carboxylic acids is 1. The second-order valence-electron chi connectivity index (χ2n) is 5.70. The molecule has 2 aliphatic rings. The van der Waals surface area contributed by atoms with Crippen molar-refractivity contribution in [2.24, 2.45) is 0 Å². The van der Waals surface area contributed by atoms with Crippen LogP contribution in [-0.4, -0.2) is 24.3 Å². The molecule has 0 radical (unpaired) electrons. The van der Waals surface area contributed by atoms with Crippen LogP contribution in [0.3, 0.4) is 0 Å². The molecule has 2 aromatic carbocycles. The van der Waals surface area contributed by atoms with E-state index in [1.165, 1.54) is 0 Å². The molecule has 0 bridgehead atoms. The van der Waals surface area contributed by atoms with Crippen molar-refractivity contribution in [2.45, 2.75) is 18.8 Å². The molecule has 0 aromatic heterocycles. The summed E-state index contributed by atoms with van der Waals surface area (Å²) in [6, 6.07) is 11.4. The van der Waals surface area contributed by atoms with E-state index < -0.39 is 11.9 Å². The van der Waals surface area contributed by atoms with Crippen LogP contribution in [0.5, 0.6) is 11.5 Å². The molecule has 0 unspecified atom stereocenters. The number of hydrogen-bond donors (Lipinski definition) is 1. The number of carboxylic acids is 1. The molecule has 2 aromatic rings. The lowest BCUT2D eigenvalue weighted by atomic mass is 9.89. The van der Waals surface area contributed by atoms with Crippen LogP contribution in [0.1, 0.15) is 28.2 Å². The maximum absolute atomic E-state index is 11.8. The lowest BCUT2D eigenvalue weighted by Gasteiger charge is -2.15. The van der Waals surface area contributed by atoms with Gasteiger partial charge in [-0.05, 0) is 34.4 Å². The maximum Gasteiger partial charge on any atom is 0.315 e. The molecule has 4 heteroatoms. The molecular formula is C18H16O4. The molecule has 0 amide bonds. The van der Waals surface area contributed by atoms with Gasteiger partial charge in [0, 0.05) is 12.8 Å². The number of ether oxygens (including phenoxy) is 2. The van der Waals surface area contributed by atoms with E-state index in [1.807, 2.05) is 36.4 Å². The van der Waals surface area contributed by atoms with Crippen molar-refractivity contribution in [2.75, 3.05) is 13.2 Å². The fourth-order valence-corrected chi connectivity index (χ4v) is 3.25. The topological polar surface area (TPSA) is 55.8 Å². The maximum atomic E-state index is 11.8. The number of fused-ring (bicyclic) bond motifs is 2. The van der Waals surface area contributed by atoms with Gasteiger partial charge in [0.2, 0.25) is 0 Å². The second-order valence-corrected chi connectivity index (χ2v) is 5.70. The lowest BCUT2D eigenvalue weighted by Crippen LogP contribution is -2.13. The average molecular weight is 296 g/mol. The Morgan fingerprint density at radius 1 is 0.909 bits per heavy atom. The Kier molecular flexibility index (Phi) is 3.03. The number of benzene rings is 2. The normalized spacial score (nSPS) is 15.1. The summed E-state index contributed by atoms with van der Waals surface area (Å²) < 4.78 is 11.0. The van der Waals surface area contributed by atoms with Gasteiger partial charge in [-0.25, -0.2) is 0 Å². The Morgan fingerprint density at radius 3 is 1.86 bits per heavy atom. The standard InChI is InChI=1S/C18H16O4/c19-18(20)17(13-1-3-15-11(9-13)5-7-21-15)14-2-4-16-12(10-14)6-8-22-16/h1-4,9-10,17H,5-8H2,(H,19,20). The molecule has 22 heavy (non-hydrogen) atoms. The van der Waals surface area contributed by atoms with Gasteiger partial charge in [0.25, 0.3) is 0 Å². The summed E-state index contributed by atoms with van der Waals surface area (Å²) >= 11 is 0. The summed E-state index contributed by atoms with van der Waals surface area (Å²) in [4.78, 5) is 11.8. The summed E-state index contributed by atoms with van der Waals surface area (Å²) in [6.45, 7) is 1.35. The van der Waals surface area contributed by atoms with Gasteiger partial charge in [-0.15, -0.1) is 0 Å². The molecule has 0 aliphatic carbocycles. The predicted molar refractivity (Wildman–Crippen MR) is 80.8 cm³/mol. The van der Waals surface area contributed by atoms with Gasteiger partial charge in [-0.1, -0.05) is 24.3 Å². The minimum Gasteiger partial charge on any atom is -0.493 e. The van der Waals surface area contributed by atoms with Crippen molar-refractivity contribution < 1.29 is 19.4 Å². The Labute approximate surface area is 128 Å². The van der Waals surface area contributed by atoms with Gasteiger partial charge in [-0.2, -0.15) is 0 Å². The molecule has 2 heterocycles. The van der Waals surface area contributed by atoms with E-state index in [0.29, 0.717) is 13.2 Å². The van der Waals surface area contributed by atoms with Crippen LogP contribution in [0.25, 0.3) is 0 Å². The van der Waals surface area contributed by atoms with Crippen LogP contribution in [0, 0.1) is 0 Å². The third-order valence-corrected chi connectivity index (χ3v) is 4.34. The Bertz CT molecular complexity index is 693. The van der Waals surface area contributed by atoms with Crippen LogP contribution in [0.4, 0.5) is 0 Å². The fraction of sp³-hybridized carbons (Fsp3) is 0.278. The van der Waals surface area contributed by atoms with E-state index in [0.717, 1.165) is 46.6 Å². The zero-order chi connectivity index (χ0) is 15.1. The first-order chi connectivity index (χ1) is 10.7. The summed E-state index contributed by atoms with van der Waals surface area (Å²) in [5.41, 5.74) is 3.78. The Balaban J connectivity index is 1.76. The SMILES string of the molecule is O=C(O)C(c1ccc2c(c1)CCO2)c1ccc2c(c1)CCO2. The second kappa shape index (κ2) is 5.05. The number of carbonyl (C=O) groups is 1. The third kappa shape index (κ3) is 2.11. The van der Waals surface area contributed by atoms with Gasteiger partial charge in [0.05, 0.1) is 13.2 Å². The molecule has 4 rings (SSSR count). The molecule has 0 atom stereocenters. The monoisotopic (exact) mass is 296 g/mol. The fourth-order valence-electron chi connectivity index (χ4n) is 3.25. The summed E-state index contributed by atoms with van der Waals surface area (Å²) in [7, 11) is 0. The van der Waals surface area contributed by atoms with Crippen LogP contribution >= 0.6 is 0 Å². The van der Waals surface area contributed by atoms with Crippen molar-refractivity contribution in [3.8, 4) is 11.5 Å². The highest BCUT2D eigenvalue weighted by molar-refractivity contribution is 5.81. The molecule has 0 fully saturated rings. The Morgan fingerprint density at radius 2 is 1.41 bits per heavy atom. The smallest absolute Gasteiger partial charge is 0.315 e. The largest absolute Gasteiger partial charge is 0.493 e. The zero-order valence-corrected chi connectivity index (χ0v) is 12.0. The molecule has 0 saturated heterocycles. The minimum absolute atomic E-state index is 0.656. The summed E-state index contributed by atoms with van der Waals surface area (Å²) in [5, 5.41) is 9.71. The average Bonchev–Trinajstić information content (AvgIpc) is 3.14. The third-order valence-electron chi connectivity index (χ3n) is 4.34. The lowest BCUT2D eigenvalue weighted by molar-refractivity contribution is -0.137. The molecule has 0 spiro atoms. The number of rotatable bonds is 3. The molecule has 2 aliphatic heterocycles. The first-order valence-electron chi connectivity index (χ1n) is 7.46. The van der Waals surface area contributed by atoms with Crippen molar-refractivity contribution in [1.29, 1.82) is 0 Å². The van der Waals surface area contributed by atoms with E-state index in [-0.39, 0.29) is 0 Å². The van der Waals surface area contributed by atoms with E-state index in [2.05, 4.69) is 0 Å². The van der Waals surface area contributed by atoms with Crippen LogP contribution in [-0.2, 0) is 17.6 Å². The highest BCUT2D eigenvalue weighted by Crippen LogP contribution is 2.34. The van der Waals surface area contributed by atoms with Crippen LogP contribution in [0.15, 0.2) is 36.4 Å². The molecule has 4 nitrogen and oxygen atoms in total. The van der Waals surface area contributed by atoms with E-state index in [9.17, 15) is 9.90 Å². The molecule has 0 saturated carbocycles. The van der Waals surface area contributed by atoms with E-state index >= 15 is 0 Å². The summed E-state index contributed by atoms with van der Waals surface area (Å²) in [6.07, 6.45) is 1.68.